The first-order valence-electron chi connectivity index (χ1n) is 6.46. The highest BCUT2D eigenvalue weighted by Gasteiger charge is 2.17. The summed E-state index contributed by atoms with van der Waals surface area (Å²) in [5, 5.41) is 3.18. The quantitative estimate of drug-likeness (QED) is 0.827. The van der Waals surface area contributed by atoms with Gasteiger partial charge in [0.25, 0.3) is 0 Å². The van der Waals surface area contributed by atoms with E-state index in [9.17, 15) is 0 Å². The molecule has 0 aliphatic heterocycles. The van der Waals surface area contributed by atoms with Crippen molar-refractivity contribution in [2.45, 2.75) is 47.5 Å². The Morgan fingerprint density at radius 2 is 1.83 bits per heavy atom. The van der Waals surface area contributed by atoms with Crippen LogP contribution in [-0.4, -0.2) is 17.0 Å². The second kappa shape index (κ2) is 6.17. The lowest BCUT2D eigenvalue weighted by atomic mass is 9.92. The van der Waals surface area contributed by atoms with Crippen LogP contribution in [-0.2, 0) is 12.8 Å². The summed E-state index contributed by atoms with van der Waals surface area (Å²) in [7, 11) is 1.92. The van der Waals surface area contributed by atoms with Crippen LogP contribution in [0.1, 0.15) is 46.1 Å². The van der Waals surface area contributed by atoms with Crippen molar-refractivity contribution in [3.8, 4) is 0 Å². The average molecular weight is 361 g/mol. The molecule has 0 aliphatic carbocycles. The van der Waals surface area contributed by atoms with E-state index in [-0.39, 0.29) is 5.41 Å². The van der Waals surface area contributed by atoms with Crippen molar-refractivity contribution < 1.29 is 0 Å². The summed E-state index contributed by atoms with van der Waals surface area (Å²) in [5.41, 5.74) is 1.39. The zero-order chi connectivity index (χ0) is 13.9. The topological polar surface area (TPSA) is 37.8 Å². The van der Waals surface area contributed by atoms with E-state index in [0.29, 0.717) is 5.92 Å². The van der Waals surface area contributed by atoms with Crippen molar-refractivity contribution in [3.05, 3.63) is 15.1 Å². The van der Waals surface area contributed by atoms with Crippen molar-refractivity contribution in [3.63, 3.8) is 0 Å². The van der Waals surface area contributed by atoms with E-state index < -0.39 is 0 Å². The van der Waals surface area contributed by atoms with Gasteiger partial charge in [-0.15, -0.1) is 0 Å². The number of rotatable bonds is 4. The fourth-order valence-corrected chi connectivity index (χ4v) is 2.52. The van der Waals surface area contributed by atoms with E-state index in [1.807, 2.05) is 7.05 Å². The number of aromatic nitrogens is 2. The van der Waals surface area contributed by atoms with Gasteiger partial charge in [0.05, 0.1) is 9.26 Å². The highest BCUT2D eigenvalue weighted by molar-refractivity contribution is 14.1. The molecule has 0 saturated heterocycles. The summed E-state index contributed by atoms with van der Waals surface area (Å²) >= 11 is 2.34. The van der Waals surface area contributed by atoms with Gasteiger partial charge in [0.2, 0.25) is 0 Å². The number of halogens is 1. The Hall–Kier alpha value is -0.390. The molecule has 0 unspecified atom stereocenters. The molecular weight excluding hydrogens is 337 g/mol. The van der Waals surface area contributed by atoms with Gasteiger partial charge in [0, 0.05) is 13.5 Å². The minimum absolute atomic E-state index is 0.215. The van der Waals surface area contributed by atoms with Gasteiger partial charge in [-0.1, -0.05) is 34.6 Å². The van der Waals surface area contributed by atoms with Gasteiger partial charge in [-0.2, -0.15) is 0 Å². The molecule has 102 valence electrons. The lowest BCUT2D eigenvalue weighted by Crippen LogP contribution is -2.16. The number of nitrogens with one attached hydrogen (secondary N) is 1. The number of hydrogen-bond donors (Lipinski definition) is 1. The Morgan fingerprint density at radius 1 is 1.22 bits per heavy atom. The predicted octanol–water partition coefficient (Wildman–Crippen LogP) is 3.91. The van der Waals surface area contributed by atoms with Crippen molar-refractivity contribution >= 4 is 28.4 Å². The van der Waals surface area contributed by atoms with E-state index >= 15 is 0 Å². The van der Waals surface area contributed by atoms with Crippen molar-refractivity contribution in [2.24, 2.45) is 11.3 Å². The minimum Gasteiger partial charge on any atom is -0.372 e. The molecule has 1 aromatic rings. The van der Waals surface area contributed by atoms with Crippen LogP contribution in [0, 0.1) is 14.9 Å². The maximum atomic E-state index is 4.75. The highest BCUT2D eigenvalue weighted by atomic mass is 127. The zero-order valence-corrected chi connectivity index (χ0v) is 14.4. The SMILES string of the molecule is CNc1nc(CC(C)(C)C)nc(CC(C)C)c1I. The molecule has 1 heterocycles. The van der Waals surface area contributed by atoms with Crippen LogP contribution in [0.3, 0.4) is 0 Å². The first-order chi connectivity index (χ1) is 8.23. The molecule has 0 aromatic carbocycles. The summed E-state index contributed by atoms with van der Waals surface area (Å²) in [5.74, 6) is 2.52. The monoisotopic (exact) mass is 361 g/mol. The number of anilines is 1. The molecule has 4 heteroatoms. The Morgan fingerprint density at radius 3 is 2.28 bits per heavy atom. The number of hydrogen-bond acceptors (Lipinski definition) is 3. The first-order valence-corrected chi connectivity index (χ1v) is 7.54. The van der Waals surface area contributed by atoms with Gasteiger partial charge in [-0.25, -0.2) is 9.97 Å². The molecule has 3 nitrogen and oxygen atoms in total. The molecule has 1 N–H and O–H groups in total. The van der Waals surface area contributed by atoms with Crippen molar-refractivity contribution in [1.82, 2.24) is 9.97 Å². The Labute approximate surface area is 124 Å². The molecule has 18 heavy (non-hydrogen) atoms. The minimum atomic E-state index is 0.215. The van der Waals surface area contributed by atoms with Crippen LogP contribution in [0.15, 0.2) is 0 Å². The molecule has 0 bridgehead atoms. The predicted molar refractivity (Wildman–Crippen MR) is 86.0 cm³/mol. The molecule has 0 saturated carbocycles. The van der Waals surface area contributed by atoms with Crippen LogP contribution in [0.25, 0.3) is 0 Å². The maximum Gasteiger partial charge on any atom is 0.143 e. The van der Waals surface area contributed by atoms with Crippen LogP contribution in [0.2, 0.25) is 0 Å². The third kappa shape index (κ3) is 4.71. The molecule has 0 fully saturated rings. The summed E-state index contributed by atoms with van der Waals surface area (Å²) in [4.78, 5) is 9.36. The van der Waals surface area contributed by atoms with Crippen LogP contribution < -0.4 is 5.32 Å². The van der Waals surface area contributed by atoms with Crippen LogP contribution in [0.4, 0.5) is 5.82 Å². The summed E-state index contributed by atoms with van der Waals surface area (Å²) in [6, 6.07) is 0. The fourth-order valence-electron chi connectivity index (χ4n) is 1.79. The second-order valence-electron chi connectivity index (χ2n) is 6.33. The first kappa shape index (κ1) is 15.7. The van der Waals surface area contributed by atoms with Gasteiger partial charge in [0.1, 0.15) is 11.6 Å². The van der Waals surface area contributed by atoms with Gasteiger partial charge in [0.15, 0.2) is 0 Å². The van der Waals surface area contributed by atoms with Crippen molar-refractivity contribution in [2.75, 3.05) is 12.4 Å². The lowest BCUT2D eigenvalue weighted by Gasteiger charge is -2.19. The molecule has 0 aliphatic rings. The Kier molecular flexibility index (Phi) is 5.37. The Bertz CT molecular complexity index is 408. The fraction of sp³-hybridized carbons (Fsp3) is 0.714. The van der Waals surface area contributed by atoms with Gasteiger partial charge in [-0.05, 0) is 40.3 Å². The smallest absolute Gasteiger partial charge is 0.143 e. The third-order valence-electron chi connectivity index (χ3n) is 2.49. The Balaban J connectivity index is 3.13. The van der Waals surface area contributed by atoms with Gasteiger partial charge in [-0.3, -0.25) is 0 Å². The second-order valence-corrected chi connectivity index (χ2v) is 7.41. The zero-order valence-electron chi connectivity index (χ0n) is 12.3. The molecule has 0 atom stereocenters. The van der Waals surface area contributed by atoms with E-state index in [1.165, 1.54) is 5.69 Å². The maximum absolute atomic E-state index is 4.75. The van der Waals surface area contributed by atoms with Crippen LogP contribution >= 0.6 is 22.6 Å². The molecule has 1 rings (SSSR count). The van der Waals surface area contributed by atoms with Gasteiger partial charge < -0.3 is 5.32 Å². The van der Waals surface area contributed by atoms with E-state index in [4.69, 9.17) is 4.98 Å². The van der Waals surface area contributed by atoms with E-state index in [1.54, 1.807) is 0 Å². The third-order valence-corrected chi connectivity index (χ3v) is 3.63. The molecule has 1 aromatic heterocycles. The normalized spacial score (nSPS) is 12.0. The molecule has 0 amide bonds. The lowest BCUT2D eigenvalue weighted by molar-refractivity contribution is 0.399. The van der Waals surface area contributed by atoms with E-state index in [2.05, 4.69) is 67.5 Å². The summed E-state index contributed by atoms with van der Waals surface area (Å²) in [6.45, 7) is 11.1. The highest BCUT2D eigenvalue weighted by Crippen LogP contribution is 2.24. The summed E-state index contributed by atoms with van der Waals surface area (Å²) < 4.78 is 1.15. The van der Waals surface area contributed by atoms with Crippen molar-refractivity contribution in [1.29, 1.82) is 0 Å². The van der Waals surface area contributed by atoms with Crippen LogP contribution in [0.5, 0.6) is 0 Å². The molecular formula is C14H24IN3. The van der Waals surface area contributed by atoms with E-state index in [0.717, 1.165) is 28.1 Å². The standard InChI is InChI=1S/C14H24IN3/c1-9(2)7-10-12(15)13(16-6)18-11(17-10)8-14(3,4)5/h9H,7-8H2,1-6H3,(H,16,17,18). The molecule has 0 spiro atoms. The number of nitrogens with zero attached hydrogens (tertiary/aromatic N) is 2. The molecule has 0 radical (unpaired) electrons. The average Bonchev–Trinajstić information content (AvgIpc) is 2.19. The summed E-state index contributed by atoms with van der Waals surface area (Å²) in [6.07, 6.45) is 1.91. The largest absolute Gasteiger partial charge is 0.372 e. The van der Waals surface area contributed by atoms with Gasteiger partial charge >= 0.3 is 0 Å².